The lowest BCUT2D eigenvalue weighted by molar-refractivity contribution is -0.132. The van der Waals surface area contributed by atoms with Crippen LogP contribution in [0, 0.1) is 5.92 Å². The number of hydrogen-bond acceptors (Lipinski definition) is 4. The van der Waals surface area contributed by atoms with Gasteiger partial charge >= 0.3 is 6.03 Å². The average Bonchev–Trinajstić information content (AvgIpc) is 2.71. The Morgan fingerprint density at radius 2 is 2.05 bits per heavy atom. The molecule has 0 spiro atoms. The van der Waals surface area contributed by atoms with Crippen molar-refractivity contribution in [1.29, 1.82) is 0 Å². The van der Waals surface area contributed by atoms with Gasteiger partial charge < -0.3 is 10.1 Å². The van der Waals surface area contributed by atoms with Gasteiger partial charge in [0.1, 0.15) is 11.3 Å². The third-order valence-corrected chi connectivity index (χ3v) is 5.02. The van der Waals surface area contributed by atoms with Crippen LogP contribution in [0.15, 0.2) is 23.1 Å². The van der Waals surface area contributed by atoms with Crippen molar-refractivity contribution in [3.8, 4) is 5.75 Å². The zero-order valence-corrected chi connectivity index (χ0v) is 14.4. The molecule has 1 heterocycles. The van der Waals surface area contributed by atoms with Gasteiger partial charge in [-0.05, 0) is 36.8 Å². The first-order valence-corrected chi connectivity index (χ1v) is 8.41. The predicted molar refractivity (Wildman–Crippen MR) is 87.1 cm³/mol. The summed E-state index contributed by atoms with van der Waals surface area (Å²) in [7, 11) is 1.61. The number of methoxy groups -OCH3 is 1. The molecule has 1 aliphatic rings. The van der Waals surface area contributed by atoms with Crippen molar-refractivity contribution in [2.45, 2.75) is 37.8 Å². The second-order valence-corrected chi connectivity index (χ2v) is 6.72. The van der Waals surface area contributed by atoms with Crippen LogP contribution in [0.2, 0.25) is 0 Å². The van der Waals surface area contributed by atoms with Crippen molar-refractivity contribution in [1.82, 2.24) is 10.2 Å². The maximum absolute atomic E-state index is 12.6. The molecule has 0 radical (unpaired) electrons. The number of amides is 3. The zero-order valence-electron chi connectivity index (χ0n) is 13.6. The van der Waals surface area contributed by atoms with Gasteiger partial charge in [-0.1, -0.05) is 19.9 Å². The first kappa shape index (κ1) is 16.7. The number of hydrogen-bond donors (Lipinski definition) is 1. The van der Waals surface area contributed by atoms with E-state index in [-0.39, 0.29) is 24.4 Å². The standard InChI is InChI=1S/C16H22N2O3S/c1-10(2)16(3)14(19)18(15(20)17-16)9-11-6-7-13(22-5)12(8-11)21-4/h6-8,10H,9H2,1-5H3,(H,17,20)/t16-/m1/s1. The van der Waals surface area contributed by atoms with Crippen molar-refractivity contribution in [2.75, 3.05) is 13.4 Å². The molecular formula is C16H22N2O3S. The summed E-state index contributed by atoms with van der Waals surface area (Å²) in [5, 5.41) is 2.80. The molecule has 1 aromatic rings. The van der Waals surface area contributed by atoms with E-state index in [0.29, 0.717) is 0 Å². The molecule has 0 aliphatic carbocycles. The lowest BCUT2D eigenvalue weighted by Gasteiger charge is -2.25. The van der Waals surface area contributed by atoms with Gasteiger partial charge in [0.25, 0.3) is 5.91 Å². The van der Waals surface area contributed by atoms with E-state index in [2.05, 4.69) is 5.32 Å². The summed E-state index contributed by atoms with van der Waals surface area (Å²) in [6.45, 7) is 5.88. The molecule has 2 rings (SSSR count). The quantitative estimate of drug-likeness (QED) is 0.669. The third-order valence-electron chi connectivity index (χ3n) is 4.24. The minimum Gasteiger partial charge on any atom is -0.496 e. The summed E-state index contributed by atoms with van der Waals surface area (Å²) in [6.07, 6.45) is 1.98. The number of ether oxygens (including phenoxy) is 1. The van der Waals surface area contributed by atoms with Gasteiger partial charge in [-0.15, -0.1) is 11.8 Å². The highest BCUT2D eigenvalue weighted by atomic mass is 32.2. The van der Waals surface area contributed by atoms with Crippen molar-refractivity contribution in [3.63, 3.8) is 0 Å². The van der Waals surface area contributed by atoms with Gasteiger partial charge in [0.2, 0.25) is 0 Å². The Morgan fingerprint density at radius 1 is 1.36 bits per heavy atom. The summed E-state index contributed by atoms with van der Waals surface area (Å²) >= 11 is 1.59. The number of rotatable bonds is 5. The van der Waals surface area contributed by atoms with Crippen LogP contribution >= 0.6 is 11.8 Å². The molecule has 6 heteroatoms. The fourth-order valence-corrected chi connectivity index (χ4v) is 2.96. The van der Waals surface area contributed by atoms with E-state index in [0.717, 1.165) is 16.2 Å². The summed E-state index contributed by atoms with van der Waals surface area (Å²) in [4.78, 5) is 27.0. The average molecular weight is 322 g/mol. The monoisotopic (exact) mass is 322 g/mol. The Morgan fingerprint density at radius 3 is 2.55 bits per heavy atom. The summed E-state index contributed by atoms with van der Waals surface area (Å²) < 4.78 is 5.35. The molecule has 3 amide bonds. The number of urea groups is 1. The smallest absolute Gasteiger partial charge is 0.325 e. The van der Waals surface area contributed by atoms with E-state index in [4.69, 9.17) is 4.74 Å². The van der Waals surface area contributed by atoms with Gasteiger partial charge in [0, 0.05) is 4.90 Å². The Kier molecular flexibility index (Phi) is 4.70. The Bertz CT molecular complexity index is 603. The lowest BCUT2D eigenvalue weighted by Crippen LogP contribution is -2.48. The van der Waals surface area contributed by atoms with E-state index in [1.54, 1.807) is 25.8 Å². The number of imide groups is 1. The van der Waals surface area contributed by atoms with E-state index < -0.39 is 5.54 Å². The second-order valence-electron chi connectivity index (χ2n) is 5.87. The van der Waals surface area contributed by atoms with Gasteiger partial charge in [0.05, 0.1) is 13.7 Å². The first-order valence-electron chi connectivity index (χ1n) is 7.18. The fourth-order valence-electron chi connectivity index (χ4n) is 2.41. The third kappa shape index (κ3) is 2.79. The molecule has 0 saturated carbocycles. The van der Waals surface area contributed by atoms with E-state index in [1.165, 1.54) is 4.90 Å². The van der Waals surface area contributed by atoms with Crippen LogP contribution in [0.25, 0.3) is 0 Å². The van der Waals surface area contributed by atoms with E-state index in [1.807, 2.05) is 38.3 Å². The number of thioether (sulfide) groups is 1. The van der Waals surface area contributed by atoms with Gasteiger partial charge in [-0.25, -0.2) is 4.79 Å². The van der Waals surface area contributed by atoms with Crippen molar-refractivity contribution in [2.24, 2.45) is 5.92 Å². The molecule has 1 aromatic carbocycles. The molecule has 120 valence electrons. The summed E-state index contributed by atoms with van der Waals surface area (Å²) in [6, 6.07) is 5.39. The van der Waals surface area contributed by atoms with Crippen molar-refractivity contribution in [3.05, 3.63) is 23.8 Å². The first-order chi connectivity index (χ1) is 10.3. The zero-order chi connectivity index (χ0) is 16.5. The van der Waals surface area contributed by atoms with E-state index in [9.17, 15) is 9.59 Å². The van der Waals surface area contributed by atoms with Crippen molar-refractivity contribution >= 4 is 23.7 Å². The number of carbonyl (C=O) groups excluding carboxylic acids is 2. The number of benzene rings is 1. The van der Waals surface area contributed by atoms with Crippen LogP contribution in [0.3, 0.4) is 0 Å². The summed E-state index contributed by atoms with van der Waals surface area (Å²) in [5.74, 6) is 0.603. The van der Waals surface area contributed by atoms with Crippen LogP contribution in [0.4, 0.5) is 4.79 Å². The second kappa shape index (κ2) is 6.20. The molecule has 1 aliphatic heterocycles. The van der Waals surface area contributed by atoms with Gasteiger partial charge in [-0.2, -0.15) is 0 Å². The molecule has 0 unspecified atom stereocenters. The Hall–Kier alpha value is -1.69. The topological polar surface area (TPSA) is 58.6 Å². The molecule has 0 bridgehead atoms. The molecule has 22 heavy (non-hydrogen) atoms. The van der Waals surface area contributed by atoms with Crippen LogP contribution in [-0.4, -0.2) is 35.7 Å². The molecule has 1 saturated heterocycles. The number of carbonyl (C=O) groups is 2. The van der Waals surface area contributed by atoms with Crippen molar-refractivity contribution < 1.29 is 14.3 Å². The molecule has 1 atom stereocenters. The molecular weight excluding hydrogens is 300 g/mol. The highest BCUT2D eigenvalue weighted by Gasteiger charge is 2.49. The van der Waals surface area contributed by atoms with E-state index >= 15 is 0 Å². The molecule has 1 fully saturated rings. The van der Waals surface area contributed by atoms with Crippen LogP contribution in [-0.2, 0) is 11.3 Å². The minimum atomic E-state index is -0.833. The highest BCUT2D eigenvalue weighted by molar-refractivity contribution is 7.98. The maximum atomic E-state index is 12.6. The Balaban J connectivity index is 2.24. The molecule has 5 nitrogen and oxygen atoms in total. The maximum Gasteiger partial charge on any atom is 0.325 e. The number of nitrogens with one attached hydrogen (secondary N) is 1. The fraction of sp³-hybridized carbons (Fsp3) is 0.500. The lowest BCUT2D eigenvalue weighted by atomic mass is 9.88. The molecule has 0 aromatic heterocycles. The largest absolute Gasteiger partial charge is 0.496 e. The van der Waals surface area contributed by atoms with Crippen LogP contribution in [0.5, 0.6) is 5.75 Å². The van der Waals surface area contributed by atoms with Gasteiger partial charge in [0.15, 0.2) is 0 Å². The van der Waals surface area contributed by atoms with Crippen LogP contribution in [0.1, 0.15) is 26.3 Å². The normalized spacial score (nSPS) is 21.5. The Labute approximate surface area is 135 Å². The number of nitrogens with zero attached hydrogens (tertiary/aromatic N) is 1. The predicted octanol–water partition coefficient (Wildman–Crippen LogP) is 2.88. The summed E-state index contributed by atoms with van der Waals surface area (Å²) in [5.41, 5.74) is 0.0339. The highest BCUT2D eigenvalue weighted by Crippen LogP contribution is 2.30. The van der Waals surface area contributed by atoms with Crippen LogP contribution < -0.4 is 10.1 Å². The SMILES string of the molecule is COc1cc(CN2C(=O)N[C@](C)(C(C)C)C2=O)ccc1SC. The molecule has 1 N–H and O–H groups in total. The minimum absolute atomic E-state index is 0.0300. The van der Waals surface area contributed by atoms with Gasteiger partial charge in [-0.3, -0.25) is 9.69 Å².